The zero-order valence-electron chi connectivity index (χ0n) is 9.97. The molecule has 4 heteroatoms. The predicted molar refractivity (Wildman–Crippen MR) is 73.4 cm³/mol. The number of likely N-dealkylation sites (N-methyl/N-ethyl adjacent to an activating group) is 1. The van der Waals surface area contributed by atoms with Crippen molar-refractivity contribution in [2.75, 3.05) is 18.5 Å². The van der Waals surface area contributed by atoms with Gasteiger partial charge in [-0.1, -0.05) is 6.07 Å². The smallest absolute Gasteiger partial charge is 0.0440 e. The molecule has 90 valence electrons. The Balaban J connectivity index is 2.01. The van der Waals surface area contributed by atoms with Gasteiger partial charge in [0.05, 0.1) is 0 Å². The van der Waals surface area contributed by atoms with Crippen LogP contribution in [0.3, 0.4) is 0 Å². The van der Waals surface area contributed by atoms with Gasteiger partial charge in [-0.05, 0) is 23.9 Å². The van der Waals surface area contributed by atoms with Crippen LogP contribution in [0, 0.1) is 0 Å². The molecule has 0 amide bonds. The minimum atomic E-state index is 0.534. The fraction of sp³-hybridized carbons (Fsp3) is 0.308. The Morgan fingerprint density at radius 2 is 2.29 bits per heavy atom. The standard InChI is InChI=1S/C13H17N3S/c1-16(7-5-12-3-2-8-17-12)13-4-6-15-10-11(13)9-14/h2-4,6,8,10H,5,7,9,14H2,1H3. The second-order valence-corrected chi connectivity index (χ2v) is 4.99. The average molecular weight is 247 g/mol. The molecule has 0 atom stereocenters. The first-order valence-corrected chi connectivity index (χ1v) is 6.55. The highest BCUT2D eigenvalue weighted by molar-refractivity contribution is 7.09. The van der Waals surface area contributed by atoms with Crippen LogP contribution in [-0.2, 0) is 13.0 Å². The molecule has 2 aromatic rings. The Morgan fingerprint density at radius 3 is 3.00 bits per heavy atom. The molecule has 0 aliphatic carbocycles. The molecule has 2 N–H and O–H groups in total. The lowest BCUT2D eigenvalue weighted by Gasteiger charge is -2.21. The minimum Gasteiger partial charge on any atom is -0.374 e. The molecule has 2 rings (SSSR count). The van der Waals surface area contributed by atoms with Crippen LogP contribution in [0.2, 0.25) is 0 Å². The lowest BCUT2D eigenvalue weighted by Crippen LogP contribution is -2.22. The fourth-order valence-electron chi connectivity index (χ4n) is 1.80. The maximum atomic E-state index is 5.71. The first-order chi connectivity index (χ1) is 8.31. The quantitative estimate of drug-likeness (QED) is 0.881. The summed E-state index contributed by atoms with van der Waals surface area (Å²) in [4.78, 5) is 7.76. The summed E-state index contributed by atoms with van der Waals surface area (Å²) in [6.07, 6.45) is 4.73. The Morgan fingerprint density at radius 1 is 1.41 bits per heavy atom. The van der Waals surface area contributed by atoms with Crippen molar-refractivity contribution in [1.29, 1.82) is 0 Å². The molecule has 0 saturated carbocycles. The lowest BCUT2D eigenvalue weighted by molar-refractivity contribution is 0.871. The van der Waals surface area contributed by atoms with Crippen molar-refractivity contribution < 1.29 is 0 Å². The van der Waals surface area contributed by atoms with Gasteiger partial charge in [-0.2, -0.15) is 0 Å². The molecule has 0 unspecified atom stereocenters. The molecule has 0 bridgehead atoms. The molecule has 2 aromatic heterocycles. The Bertz CT molecular complexity index is 453. The molecule has 3 nitrogen and oxygen atoms in total. The third-order valence-corrected chi connectivity index (χ3v) is 3.72. The molecule has 0 aliphatic rings. The number of thiophene rings is 1. The number of anilines is 1. The van der Waals surface area contributed by atoms with E-state index in [-0.39, 0.29) is 0 Å². The number of nitrogens with zero attached hydrogens (tertiary/aromatic N) is 2. The largest absolute Gasteiger partial charge is 0.374 e. The molecule has 0 spiro atoms. The summed E-state index contributed by atoms with van der Waals surface area (Å²) >= 11 is 1.81. The first-order valence-electron chi connectivity index (χ1n) is 5.67. The van der Waals surface area contributed by atoms with E-state index < -0.39 is 0 Å². The van der Waals surface area contributed by atoms with E-state index in [4.69, 9.17) is 5.73 Å². The number of pyridine rings is 1. The molecule has 0 aromatic carbocycles. The van der Waals surface area contributed by atoms with Crippen LogP contribution in [0.25, 0.3) is 0 Å². The summed E-state index contributed by atoms with van der Waals surface area (Å²) in [5.41, 5.74) is 7.99. The molecule has 0 aliphatic heterocycles. The Kier molecular flexibility index (Phi) is 4.12. The van der Waals surface area contributed by atoms with Crippen LogP contribution in [0.5, 0.6) is 0 Å². The van der Waals surface area contributed by atoms with Crippen molar-refractivity contribution in [3.05, 3.63) is 46.4 Å². The summed E-state index contributed by atoms with van der Waals surface area (Å²) in [6, 6.07) is 6.29. The van der Waals surface area contributed by atoms with Crippen LogP contribution in [0.1, 0.15) is 10.4 Å². The van der Waals surface area contributed by atoms with Crippen molar-refractivity contribution in [1.82, 2.24) is 4.98 Å². The second-order valence-electron chi connectivity index (χ2n) is 3.96. The fourth-order valence-corrected chi connectivity index (χ4v) is 2.50. The molecule has 0 fully saturated rings. The van der Waals surface area contributed by atoms with Gasteiger partial charge in [0.15, 0.2) is 0 Å². The zero-order chi connectivity index (χ0) is 12.1. The van der Waals surface area contributed by atoms with Crippen LogP contribution in [-0.4, -0.2) is 18.6 Å². The van der Waals surface area contributed by atoms with Crippen molar-refractivity contribution in [3.8, 4) is 0 Å². The van der Waals surface area contributed by atoms with E-state index >= 15 is 0 Å². The van der Waals surface area contributed by atoms with E-state index in [1.807, 2.05) is 18.5 Å². The van der Waals surface area contributed by atoms with E-state index in [9.17, 15) is 0 Å². The van der Waals surface area contributed by atoms with Crippen LogP contribution >= 0.6 is 11.3 Å². The van der Waals surface area contributed by atoms with Crippen molar-refractivity contribution in [2.45, 2.75) is 13.0 Å². The number of rotatable bonds is 5. The molecule has 0 saturated heterocycles. The highest BCUT2D eigenvalue weighted by atomic mass is 32.1. The highest BCUT2D eigenvalue weighted by Crippen LogP contribution is 2.18. The van der Waals surface area contributed by atoms with E-state index in [2.05, 4.69) is 34.4 Å². The lowest BCUT2D eigenvalue weighted by atomic mass is 10.2. The maximum absolute atomic E-state index is 5.71. The molecule has 0 radical (unpaired) electrons. The van der Waals surface area contributed by atoms with Gasteiger partial charge in [-0.15, -0.1) is 11.3 Å². The number of aromatic nitrogens is 1. The summed E-state index contributed by atoms with van der Waals surface area (Å²) in [6.45, 7) is 1.53. The summed E-state index contributed by atoms with van der Waals surface area (Å²) < 4.78 is 0. The number of hydrogen-bond acceptors (Lipinski definition) is 4. The summed E-state index contributed by atoms with van der Waals surface area (Å²) in [5, 5.41) is 2.12. The first kappa shape index (κ1) is 12.1. The molecular formula is C13H17N3S. The van der Waals surface area contributed by atoms with Crippen molar-refractivity contribution >= 4 is 17.0 Å². The van der Waals surface area contributed by atoms with Crippen LogP contribution in [0.15, 0.2) is 36.0 Å². The van der Waals surface area contributed by atoms with Gasteiger partial charge in [0.1, 0.15) is 0 Å². The maximum Gasteiger partial charge on any atom is 0.0440 e. The summed E-state index contributed by atoms with van der Waals surface area (Å²) in [7, 11) is 2.10. The van der Waals surface area contributed by atoms with E-state index in [1.165, 1.54) is 10.6 Å². The Hall–Kier alpha value is -1.39. The summed E-state index contributed by atoms with van der Waals surface area (Å²) in [5.74, 6) is 0. The average Bonchev–Trinajstić information content (AvgIpc) is 2.89. The molecule has 17 heavy (non-hydrogen) atoms. The van der Waals surface area contributed by atoms with Gasteiger partial charge in [0.2, 0.25) is 0 Å². The predicted octanol–water partition coefficient (Wildman–Crippen LogP) is 2.28. The van der Waals surface area contributed by atoms with Crippen LogP contribution < -0.4 is 10.6 Å². The zero-order valence-corrected chi connectivity index (χ0v) is 10.8. The molecule has 2 heterocycles. The van der Waals surface area contributed by atoms with Gasteiger partial charge in [0.25, 0.3) is 0 Å². The van der Waals surface area contributed by atoms with E-state index in [0.717, 1.165) is 18.5 Å². The number of hydrogen-bond donors (Lipinski definition) is 1. The van der Waals surface area contributed by atoms with E-state index in [0.29, 0.717) is 6.54 Å². The van der Waals surface area contributed by atoms with Crippen molar-refractivity contribution in [3.63, 3.8) is 0 Å². The topological polar surface area (TPSA) is 42.2 Å². The molecular weight excluding hydrogens is 230 g/mol. The van der Waals surface area contributed by atoms with Gasteiger partial charge in [-0.3, -0.25) is 4.98 Å². The third-order valence-electron chi connectivity index (χ3n) is 2.78. The normalized spacial score (nSPS) is 10.5. The number of nitrogens with two attached hydrogens (primary N) is 1. The Labute approximate surface area is 106 Å². The third kappa shape index (κ3) is 3.05. The van der Waals surface area contributed by atoms with Gasteiger partial charge in [-0.25, -0.2) is 0 Å². The van der Waals surface area contributed by atoms with Crippen LogP contribution in [0.4, 0.5) is 5.69 Å². The van der Waals surface area contributed by atoms with Gasteiger partial charge < -0.3 is 10.6 Å². The van der Waals surface area contributed by atoms with Crippen molar-refractivity contribution in [2.24, 2.45) is 5.73 Å². The van der Waals surface area contributed by atoms with E-state index in [1.54, 1.807) is 11.3 Å². The van der Waals surface area contributed by atoms with Gasteiger partial charge >= 0.3 is 0 Å². The SMILES string of the molecule is CN(CCc1cccs1)c1ccncc1CN. The minimum absolute atomic E-state index is 0.534. The second kappa shape index (κ2) is 5.80. The van der Waals surface area contributed by atoms with Gasteiger partial charge in [0, 0.05) is 48.7 Å². The monoisotopic (exact) mass is 247 g/mol. The highest BCUT2D eigenvalue weighted by Gasteiger charge is 2.06.